The Morgan fingerprint density at radius 1 is 0.733 bits per heavy atom. The van der Waals surface area contributed by atoms with E-state index in [2.05, 4.69) is 6.66 Å². The summed E-state index contributed by atoms with van der Waals surface area (Å²) in [5.74, 6) is 0. The van der Waals surface area contributed by atoms with E-state index < -0.39 is 7.14 Å². The Morgan fingerprint density at radius 2 is 1.07 bits per heavy atom. The van der Waals surface area contributed by atoms with E-state index in [1.165, 1.54) is 0 Å². The smallest absolute Gasteiger partial charge is 0.143 e. The fourth-order valence-corrected chi connectivity index (χ4v) is 3.09. The van der Waals surface area contributed by atoms with Crippen LogP contribution in [0, 0.1) is 6.66 Å². The Bertz CT molecular complexity index is 433. The highest BCUT2D eigenvalue weighted by Gasteiger charge is 2.19. The van der Waals surface area contributed by atoms with Crippen molar-refractivity contribution in [1.82, 2.24) is 0 Å². The van der Waals surface area contributed by atoms with Crippen molar-refractivity contribution < 1.29 is 4.57 Å². The summed E-state index contributed by atoms with van der Waals surface area (Å²) in [6, 6.07) is 18.8. The lowest BCUT2D eigenvalue weighted by Crippen LogP contribution is -2.12. The molecule has 0 atom stereocenters. The first kappa shape index (κ1) is 10.2. The lowest BCUT2D eigenvalue weighted by Gasteiger charge is -2.12. The summed E-state index contributed by atoms with van der Waals surface area (Å²) in [4.78, 5) is 0. The first-order valence-corrected chi connectivity index (χ1v) is 6.66. The maximum Gasteiger partial charge on any atom is 0.143 e. The van der Waals surface area contributed by atoms with Crippen LogP contribution < -0.4 is 10.6 Å². The van der Waals surface area contributed by atoms with Gasteiger partial charge in [0.2, 0.25) is 0 Å². The number of rotatable bonds is 2. The molecule has 1 nitrogen and oxygen atoms in total. The highest BCUT2D eigenvalue weighted by atomic mass is 31.2. The van der Waals surface area contributed by atoms with Gasteiger partial charge in [-0.05, 0) is 0 Å². The van der Waals surface area contributed by atoms with Gasteiger partial charge in [-0.3, -0.25) is 0 Å². The molecule has 0 fully saturated rings. The van der Waals surface area contributed by atoms with Crippen LogP contribution in [0.2, 0.25) is 0 Å². The van der Waals surface area contributed by atoms with E-state index in [1.54, 1.807) is 0 Å². The molecule has 0 saturated carbocycles. The molecule has 2 rings (SSSR count). The van der Waals surface area contributed by atoms with E-state index in [-0.39, 0.29) is 0 Å². The van der Waals surface area contributed by atoms with Crippen LogP contribution in [-0.4, -0.2) is 0 Å². The summed E-state index contributed by atoms with van der Waals surface area (Å²) in [6.07, 6.45) is 0. The van der Waals surface area contributed by atoms with Crippen molar-refractivity contribution >= 4 is 17.8 Å². The minimum absolute atomic E-state index is 0.802. The predicted octanol–water partition coefficient (Wildman–Crippen LogP) is 2.79. The minimum atomic E-state index is -2.65. The highest BCUT2D eigenvalue weighted by Crippen LogP contribution is 2.40. The monoisotopic (exact) mass is 215 g/mol. The molecule has 2 aromatic rings. The number of benzene rings is 2. The van der Waals surface area contributed by atoms with Crippen LogP contribution in [0.25, 0.3) is 0 Å². The molecule has 0 unspecified atom stereocenters. The van der Waals surface area contributed by atoms with Gasteiger partial charge in [-0.15, -0.1) is 0 Å². The lowest BCUT2D eigenvalue weighted by atomic mass is 10.4. The number of hydrogen-bond donors (Lipinski definition) is 0. The fraction of sp³-hybridized carbons (Fsp3) is 0. The van der Waals surface area contributed by atoms with Gasteiger partial charge in [0.1, 0.15) is 7.14 Å². The third-order valence-electron chi connectivity index (χ3n) is 2.35. The molecule has 2 aromatic carbocycles. The third-order valence-corrected chi connectivity index (χ3v) is 4.61. The summed E-state index contributed by atoms with van der Waals surface area (Å²) < 4.78 is 12.5. The first-order chi connectivity index (χ1) is 7.21. The van der Waals surface area contributed by atoms with Crippen molar-refractivity contribution in [1.29, 1.82) is 0 Å². The molecular weight excluding hydrogens is 203 g/mol. The Balaban J connectivity index is 2.50. The van der Waals surface area contributed by atoms with E-state index in [9.17, 15) is 4.57 Å². The molecule has 0 aliphatic carbocycles. The van der Waals surface area contributed by atoms with E-state index in [4.69, 9.17) is 0 Å². The summed E-state index contributed by atoms with van der Waals surface area (Å²) in [7, 11) is -2.65. The van der Waals surface area contributed by atoms with Gasteiger partial charge >= 0.3 is 0 Å². The van der Waals surface area contributed by atoms with Gasteiger partial charge in [0.05, 0.1) is 0 Å². The molecule has 0 heterocycles. The van der Waals surface area contributed by atoms with Gasteiger partial charge in [-0.1, -0.05) is 60.7 Å². The quantitative estimate of drug-likeness (QED) is 0.704. The standard InChI is InChI=1S/C13H12OP/c1-15(14,12-8-4-2-5-9-12)13-10-6-3-7-11-13/h2-11H,1H2. The Labute approximate surface area is 90.1 Å². The topological polar surface area (TPSA) is 17.1 Å². The molecule has 0 spiro atoms. The van der Waals surface area contributed by atoms with Gasteiger partial charge in [0.25, 0.3) is 0 Å². The lowest BCUT2D eigenvalue weighted by molar-refractivity contribution is 0.592. The van der Waals surface area contributed by atoms with Gasteiger partial charge in [-0.2, -0.15) is 0 Å². The summed E-state index contributed by atoms with van der Waals surface area (Å²) in [6.45, 7) is 3.87. The van der Waals surface area contributed by atoms with Crippen molar-refractivity contribution in [3.05, 3.63) is 67.3 Å². The zero-order valence-electron chi connectivity index (χ0n) is 8.34. The first-order valence-electron chi connectivity index (χ1n) is 4.77. The van der Waals surface area contributed by atoms with E-state index >= 15 is 0 Å². The van der Waals surface area contributed by atoms with Crippen molar-refractivity contribution in [2.75, 3.05) is 0 Å². The molecule has 0 N–H and O–H groups in total. The summed E-state index contributed by atoms with van der Waals surface area (Å²) in [5, 5.41) is 1.60. The van der Waals surface area contributed by atoms with E-state index in [0.717, 1.165) is 10.6 Å². The molecule has 1 radical (unpaired) electrons. The normalized spacial score (nSPS) is 11.3. The fourth-order valence-electron chi connectivity index (χ4n) is 1.49. The van der Waals surface area contributed by atoms with Crippen molar-refractivity contribution in [2.45, 2.75) is 0 Å². The second-order valence-electron chi connectivity index (χ2n) is 3.41. The molecule has 75 valence electrons. The van der Waals surface area contributed by atoms with Gasteiger partial charge < -0.3 is 4.57 Å². The van der Waals surface area contributed by atoms with Gasteiger partial charge in [0, 0.05) is 17.3 Å². The maximum absolute atomic E-state index is 12.5. The molecule has 0 saturated heterocycles. The minimum Gasteiger partial charge on any atom is -0.314 e. The molecule has 15 heavy (non-hydrogen) atoms. The van der Waals surface area contributed by atoms with Crippen LogP contribution in [0.3, 0.4) is 0 Å². The molecular formula is C13H12OP. The van der Waals surface area contributed by atoms with Crippen LogP contribution in [0.4, 0.5) is 0 Å². The second kappa shape index (κ2) is 4.04. The largest absolute Gasteiger partial charge is 0.314 e. The Morgan fingerprint density at radius 3 is 1.40 bits per heavy atom. The Kier molecular flexibility index (Phi) is 2.75. The van der Waals surface area contributed by atoms with E-state index in [0.29, 0.717) is 0 Å². The Hall–Kier alpha value is -1.33. The van der Waals surface area contributed by atoms with Crippen LogP contribution >= 0.6 is 7.14 Å². The van der Waals surface area contributed by atoms with Crippen LogP contribution in [0.15, 0.2) is 60.7 Å². The zero-order valence-corrected chi connectivity index (χ0v) is 9.23. The van der Waals surface area contributed by atoms with Crippen molar-refractivity contribution in [2.24, 2.45) is 0 Å². The predicted molar refractivity (Wildman–Crippen MR) is 65.1 cm³/mol. The number of hydrogen-bond acceptors (Lipinski definition) is 1. The van der Waals surface area contributed by atoms with Crippen molar-refractivity contribution in [3.63, 3.8) is 0 Å². The molecule has 0 bridgehead atoms. The average molecular weight is 215 g/mol. The van der Waals surface area contributed by atoms with Crippen molar-refractivity contribution in [3.8, 4) is 0 Å². The second-order valence-corrected chi connectivity index (χ2v) is 5.92. The van der Waals surface area contributed by atoms with Gasteiger partial charge in [-0.25, -0.2) is 0 Å². The summed E-state index contributed by atoms with van der Waals surface area (Å²) >= 11 is 0. The third kappa shape index (κ3) is 2.03. The van der Waals surface area contributed by atoms with Gasteiger partial charge in [0.15, 0.2) is 0 Å². The molecule has 0 amide bonds. The zero-order chi connectivity index (χ0) is 10.7. The molecule has 0 aliphatic heterocycles. The van der Waals surface area contributed by atoms with Crippen LogP contribution in [0.5, 0.6) is 0 Å². The van der Waals surface area contributed by atoms with E-state index in [1.807, 2.05) is 60.7 Å². The molecule has 0 aromatic heterocycles. The molecule has 0 aliphatic rings. The average Bonchev–Trinajstić information content (AvgIpc) is 2.31. The van der Waals surface area contributed by atoms with Crippen LogP contribution in [-0.2, 0) is 4.57 Å². The SMILES string of the molecule is [CH2]P(=O)(c1ccccc1)c1ccccc1. The maximum atomic E-state index is 12.5. The molecule has 2 heteroatoms. The van der Waals surface area contributed by atoms with Crippen LogP contribution in [0.1, 0.15) is 0 Å². The summed E-state index contributed by atoms with van der Waals surface area (Å²) in [5.41, 5.74) is 0. The highest BCUT2D eigenvalue weighted by molar-refractivity contribution is 7.79.